The average Bonchev–Trinajstić information content (AvgIpc) is 2.43. The maximum absolute atomic E-state index is 13.5. The van der Waals surface area contributed by atoms with Crippen LogP contribution < -0.4 is 4.74 Å². The van der Waals surface area contributed by atoms with Crippen LogP contribution in [0.5, 0.6) is 5.75 Å². The molecule has 0 saturated heterocycles. The number of rotatable bonds is 4. The highest BCUT2D eigenvalue weighted by Gasteiger charge is 2.19. The quantitative estimate of drug-likeness (QED) is 0.864. The van der Waals surface area contributed by atoms with Crippen molar-refractivity contribution in [2.75, 3.05) is 0 Å². The number of halogens is 3. The molecule has 0 saturated carbocycles. The van der Waals surface area contributed by atoms with Crippen LogP contribution in [0.1, 0.15) is 29.1 Å². The standard InChI is InChI=1S/C13H9Cl2FN2O3/c1-6(11-8(14)2-3-9(16)12(11)15)21-7-4-10(13(19)20)18-17-5-7/h2-6H,1H3,(H,19,20)/t6-/m0/s1. The van der Waals surface area contributed by atoms with E-state index >= 15 is 0 Å². The van der Waals surface area contributed by atoms with Crippen LogP contribution in [-0.4, -0.2) is 21.3 Å². The second kappa shape index (κ2) is 6.24. The first-order valence-electron chi connectivity index (χ1n) is 5.76. The Hall–Kier alpha value is -1.92. The molecule has 1 atom stereocenters. The zero-order valence-corrected chi connectivity index (χ0v) is 12.2. The van der Waals surface area contributed by atoms with Crippen molar-refractivity contribution in [3.05, 3.63) is 51.5 Å². The van der Waals surface area contributed by atoms with E-state index in [0.717, 1.165) is 6.07 Å². The van der Waals surface area contributed by atoms with Crippen LogP contribution in [-0.2, 0) is 0 Å². The van der Waals surface area contributed by atoms with Gasteiger partial charge in [0.05, 0.1) is 11.2 Å². The topological polar surface area (TPSA) is 72.3 Å². The molecule has 0 radical (unpaired) electrons. The van der Waals surface area contributed by atoms with Crippen molar-refractivity contribution in [3.63, 3.8) is 0 Å². The predicted molar refractivity (Wildman–Crippen MR) is 74.5 cm³/mol. The lowest BCUT2D eigenvalue weighted by molar-refractivity contribution is 0.0688. The van der Waals surface area contributed by atoms with E-state index in [1.165, 1.54) is 18.3 Å². The van der Waals surface area contributed by atoms with Gasteiger partial charge in [0.25, 0.3) is 0 Å². The van der Waals surface area contributed by atoms with Crippen molar-refractivity contribution < 1.29 is 19.0 Å². The van der Waals surface area contributed by atoms with E-state index in [9.17, 15) is 9.18 Å². The zero-order valence-electron chi connectivity index (χ0n) is 10.7. The Labute approximate surface area is 129 Å². The minimum Gasteiger partial charge on any atom is -0.484 e. The van der Waals surface area contributed by atoms with Gasteiger partial charge in [-0.1, -0.05) is 23.2 Å². The number of aromatic nitrogens is 2. The predicted octanol–water partition coefficient (Wildman–Crippen LogP) is 3.76. The lowest BCUT2D eigenvalue weighted by Gasteiger charge is -2.17. The van der Waals surface area contributed by atoms with E-state index in [1.54, 1.807) is 6.92 Å². The number of aromatic carboxylic acids is 1. The van der Waals surface area contributed by atoms with Gasteiger partial charge in [-0.05, 0) is 19.1 Å². The van der Waals surface area contributed by atoms with E-state index in [0.29, 0.717) is 0 Å². The van der Waals surface area contributed by atoms with E-state index in [1.807, 2.05) is 0 Å². The minimum atomic E-state index is -1.23. The summed E-state index contributed by atoms with van der Waals surface area (Å²) in [7, 11) is 0. The molecule has 0 spiro atoms. The summed E-state index contributed by atoms with van der Waals surface area (Å²) in [5.74, 6) is -1.70. The van der Waals surface area contributed by atoms with Crippen LogP contribution in [0.3, 0.4) is 0 Å². The first-order chi connectivity index (χ1) is 9.90. The van der Waals surface area contributed by atoms with Gasteiger partial charge >= 0.3 is 5.97 Å². The Balaban J connectivity index is 2.30. The molecule has 0 fully saturated rings. The molecule has 8 heteroatoms. The first-order valence-corrected chi connectivity index (χ1v) is 6.51. The maximum Gasteiger partial charge on any atom is 0.356 e. The molecule has 21 heavy (non-hydrogen) atoms. The van der Waals surface area contributed by atoms with Crippen molar-refractivity contribution in [3.8, 4) is 5.75 Å². The SMILES string of the molecule is C[C@H](Oc1cnnc(C(=O)O)c1)c1c(Cl)ccc(F)c1Cl. The van der Waals surface area contributed by atoms with Crippen molar-refractivity contribution in [2.45, 2.75) is 13.0 Å². The number of benzene rings is 1. The molecule has 0 amide bonds. The smallest absolute Gasteiger partial charge is 0.356 e. The Kier molecular flexibility index (Phi) is 4.59. The van der Waals surface area contributed by atoms with Crippen LogP contribution in [0.2, 0.25) is 10.0 Å². The van der Waals surface area contributed by atoms with Crippen molar-refractivity contribution in [1.82, 2.24) is 10.2 Å². The summed E-state index contributed by atoms with van der Waals surface area (Å²) in [4.78, 5) is 10.8. The number of nitrogens with zero attached hydrogens (tertiary/aromatic N) is 2. The van der Waals surface area contributed by atoms with Gasteiger partial charge in [-0.3, -0.25) is 0 Å². The molecule has 5 nitrogen and oxygen atoms in total. The summed E-state index contributed by atoms with van der Waals surface area (Å²) >= 11 is 11.9. The van der Waals surface area contributed by atoms with E-state index < -0.39 is 17.9 Å². The number of carboxylic acid groups (broad SMARTS) is 1. The van der Waals surface area contributed by atoms with Crippen LogP contribution in [0.25, 0.3) is 0 Å². The maximum atomic E-state index is 13.5. The lowest BCUT2D eigenvalue weighted by atomic mass is 10.1. The molecule has 1 heterocycles. The normalized spacial score (nSPS) is 12.0. The number of carboxylic acids is 1. The molecular formula is C13H9Cl2FN2O3. The van der Waals surface area contributed by atoms with Crippen molar-refractivity contribution >= 4 is 29.2 Å². The van der Waals surface area contributed by atoms with Crippen LogP contribution in [0, 0.1) is 5.82 Å². The third-order valence-corrected chi connectivity index (χ3v) is 3.36. The number of hydrogen-bond acceptors (Lipinski definition) is 4. The number of ether oxygens (including phenoxy) is 1. The Bertz CT molecular complexity index is 697. The molecule has 2 rings (SSSR count). The molecule has 0 aliphatic heterocycles. The molecule has 1 aromatic heterocycles. The number of hydrogen-bond donors (Lipinski definition) is 1. The third-order valence-electron chi connectivity index (χ3n) is 2.65. The van der Waals surface area contributed by atoms with Crippen LogP contribution in [0.15, 0.2) is 24.4 Å². The fourth-order valence-electron chi connectivity index (χ4n) is 1.70. The molecule has 0 bridgehead atoms. The first kappa shape index (κ1) is 15.5. The van der Waals surface area contributed by atoms with E-state index in [4.69, 9.17) is 33.0 Å². The highest BCUT2D eigenvalue weighted by Crippen LogP contribution is 2.34. The highest BCUT2D eigenvalue weighted by atomic mass is 35.5. The van der Waals surface area contributed by atoms with Gasteiger partial charge in [0.15, 0.2) is 5.69 Å². The molecule has 2 aromatic rings. The third kappa shape index (κ3) is 3.40. The fourth-order valence-corrected chi connectivity index (χ4v) is 2.37. The van der Waals surface area contributed by atoms with Gasteiger partial charge in [-0.2, -0.15) is 5.10 Å². The molecule has 110 valence electrons. The Morgan fingerprint density at radius 1 is 1.43 bits per heavy atom. The van der Waals surface area contributed by atoms with Gasteiger partial charge in [-0.15, -0.1) is 5.10 Å². The van der Waals surface area contributed by atoms with Gasteiger partial charge in [0.2, 0.25) is 0 Å². The van der Waals surface area contributed by atoms with Gasteiger partial charge in [-0.25, -0.2) is 9.18 Å². The minimum absolute atomic E-state index is 0.143. The van der Waals surface area contributed by atoms with E-state index in [2.05, 4.69) is 10.2 Å². The molecule has 0 aliphatic carbocycles. The fraction of sp³-hybridized carbons (Fsp3) is 0.154. The highest BCUT2D eigenvalue weighted by molar-refractivity contribution is 6.36. The average molecular weight is 331 g/mol. The van der Waals surface area contributed by atoms with Gasteiger partial charge in [0.1, 0.15) is 17.7 Å². The summed E-state index contributed by atoms with van der Waals surface area (Å²) in [5, 5.41) is 15.9. The largest absolute Gasteiger partial charge is 0.484 e. The zero-order chi connectivity index (χ0) is 15.6. The van der Waals surface area contributed by atoms with Crippen LogP contribution in [0.4, 0.5) is 4.39 Å². The second-order valence-electron chi connectivity index (χ2n) is 4.10. The summed E-state index contributed by atoms with van der Waals surface area (Å²) in [6.45, 7) is 1.60. The molecule has 1 aromatic carbocycles. The second-order valence-corrected chi connectivity index (χ2v) is 4.88. The molecule has 1 N–H and O–H groups in total. The Morgan fingerprint density at radius 3 is 2.81 bits per heavy atom. The molecule has 0 aliphatic rings. The monoisotopic (exact) mass is 330 g/mol. The lowest BCUT2D eigenvalue weighted by Crippen LogP contribution is -2.08. The van der Waals surface area contributed by atoms with Crippen molar-refractivity contribution in [1.29, 1.82) is 0 Å². The summed E-state index contributed by atoms with van der Waals surface area (Å²) in [6.07, 6.45) is 0.538. The summed E-state index contributed by atoms with van der Waals surface area (Å²) < 4.78 is 19.0. The Morgan fingerprint density at radius 2 is 2.14 bits per heavy atom. The number of carbonyl (C=O) groups is 1. The van der Waals surface area contributed by atoms with Crippen LogP contribution >= 0.6 is 23.2 Å². The molecular weight excluding hydrogens is 322 g/mol. The van der Waals surface area contributed by atoms with E-state index in [-0.39, 0.29) is 27.1 Å². The van der Waals surface area contributed by atoms with Gasteiger partial charge < -0.3 is 9.84 Å². The molecule has 0 unspecified atom stereocenters. The van der Waals surface area contributed by atoms with Crippen molar-refractivity contribution in [2.24, 2.45) is 0 Å². The summed E-state index contributed by atoms with van der Waals surface area (Å²) in [5.41, 5.74) is 0.00292. The summed E-state index contributed by atoms with van der Waals surface area (Å²) in [6, 6.07) is 3.72. The van der Waals surface area contributed by atoms with Gasteiger partial charge in [0, 0.05) is 16.7 Å².